The fraction of sp³-hybridized carbons (Fsp3) is 0.176. The lowest BCUT2D eigenvalue weighted by atomic mass is 10.0. The molecule has 110 valence electrons. The zero-order valence-corrected chi connectivity index (χ0v) is 11.9. The lowest BCUT2D eigenvalue weighted by Gasteiger charge is -2.09. The molecule has 0 N–H and O–H groups in total. The van der Waals surface area contributed by atoms with E-state index in [9.17, 15) is 8.78 Å². The molecule has 4 heteroatoms. The molecule has 2 aromatic carbocycles. The van der Waals surface area contributed by atoms with Gasteiger partial charge in [0.05, 0.1) is 12.9 Å². The van der Waals surface area contributed by atoms with Crippen LogP contribution in [0.25, 0.3) is 11.1 Å². The molecule has 0 saturated carbocycles. The van der Waals surface area contributed by atoms with Gasteiger partial charge in [0.2, 0.25) is 5.82 Å². The third kappa shape index (κ3) is 3.40. The maximum atomic E-state index is 14.1. The van der Waals surface area contributed by atoms with Crippen molar-refractivity contribution in [2.75, 3.05) is 6.61 Å². The quantitative estimate of drug-likeness (QED) is 0.726. The van der Waals surface area contributed by atoms with Crippen molar-refractivity contribution >= 4 is 0 Å². The number of hydrogen-bond donors (Lipinski definition) is 0. The van der Waals surface area contributed by atoms with Crippen LogP contribution < -0.4 is 9.47 Å². The number of halogens is 2. The van der Waals surface area contributed by atoms with E-state index in [1.54, 1.807) is 37.3 Å². The van der Waals surface area contributed by atoms with Crippen LogP contribution in [-0.2, 0) is 0 Å². The van der Waals surface area contributed by atoms with E-state index >= 15 is 0 Å². The predicted molar refractivity (Wildman–Crippen MR) is 78.4 cm³/mol. The van der Waals surface area contributed by atoms with Gasteiger partial charge in [-0.15, -0.1) is 0 Å². The number of ether oxygens (including phenoxy) is 2. The van der Waals surface area contributed by atoms with Crippen molar-refractivity contribution in [1.29, 1.82) is 0 Å². The first-order valence-electron chi connectivity index (χ1n) is 6.66. The van der Waals surface area contributed by atoms with Crippen LogP contribution in [0.2, 0.25) is 0 Å². The van der Waals surface area contributed by atoms with Gasteiger partial charge in [0, 0.05) is 5.56 Å². The summed E-state index contributed by atoms with van der Waals surface area (Å²) in [6.45, 7) is 4.16. The largest absolute Gasteiger partial charge is 0.494 e. The highest BCUT2D eigenvalue weighted by Crippen LogP contribution is 2.30. The summed E-state index contributed by atoms with van der Waals surface area (Å²) < 4.78 is 38.3. The van der Waals surface area contributed by atoms with Crippen LogP contribution >= 0.6 is 0 Å². The van der Waals surface area contributed by atoms with Gasteiger partial charge in [0.25, 0.3) is 0 Å². The van der Waals surface area contributed by atoms with E-state index in [4.69, 9.17) is 9.47 Å². The Labute approximate surface area is 122 Å². The lowest BCUT2D eigenvalue weighted by molar-refractivity contribution is 0.340. The maximum Gasteiger partial charge on any atom is 0.201 e. The monoisotopic (exact) mass is 290 g/mol. The Morgan fingerprint density at radius 1 is 1.00 bits per heavy atom. The average molecular weight is 290 g/mol. The van der Waals surface area contributed by atoms with Crippen LogP contribution in [0.4, 0.5) is 8.78 Å². The molecule has 0 aromatic heterocycles. The van der Waals surface area contributed by atoms with Gasteiger partial charge >= 0.3 is 0 Å². The van der Waals surface area contributed by atoms with E-state index in [1.807, 2.05) is 6.92 Å². The van der Waals surface area contributed by atoms with Gasteiger partial charge in [-0.05, 0) is 43.7 Å². The zero-order chi connectivity index (χ0) is 15.2. The second kappa shape index (κ2) is 6.88. The van der Waals surface area contributed by atoms with E-state index in [0.717, 1.165) is 0 Å². The normalized spacial score (nSPS) is 10.9. The SMILES string of the molecule is CC=COc1ccc(-c2ccc(OCC)cc2)c(F)c1F. The Hall–Kier alpha value is -2.36. The van der Waals surface area contributed by atoms with E-state index < -0.39 is 11.6 Å². The molecule has 0 radical (unpaired) electrons. The van der Waals surface area contributed by atoms with Crippen LogP contribution in [0.1, 0.15) is 13.8 Å². The molecule has 0 fully saturated rings. The van der Waals surface area contributed by atoms with Gasteiger partial charge in [-0.3, -0.25) is 0 Å². The van der Waals surface area contributed by atoms with Gasteiger partial charge in [0.15, 0.2) is 11.6 Å². The molecule has 2 nitrogen and oxygen atoms in total. The van der Waals surface area contributed by atoms with Crippen LogP contribution in [-0.4, -0.2) is 6.61 Å². The van der Waals surface area contributed by atoms with Crippen molar-refractivity contribution in [3.63, 3.8) is 0 Å². The second-order valence-electron chi connectivity index (χ2n) is 4.28. The summed E-state index contributed by atoms with van der Waals surface area (Å²) in [7, 11) is 0. The van der Waals surface area contributed by atoms with Crippen LogP contribution in [0.5, 0.6) is 11.5 Å². The molecule has 0 atom stereocenters. The Bertz CT molecular complexity index is 634. The highest BCUT2D eigenvalue weighted by molar-refractivity contribution is 5.66. The summed E-state index contributed by atoms with van der Waals surface area (Å²) in [5.41, 5.74) is 0.760. The first-order chi connectivity index (χ1) is 10.2. The first kappa shape index (κ1) is 15.0. The van der Waals surface area contributed by atoms with Crippen molar-refractivity contribution in [3.8, 4) is 22.6 Å². The molecule has 21 heavy (non-hydrogen) atoms. The van der Waals surface area contributed by atoms with Crippen molar-refractivity contribution < 1.29 is 18.3 Å². The van der Waals surface area contributed by atoms with Crippen LogP contribution in [0.15, 0.2) is 48.7 Å². The summed E-state index contributed by atoms with van der Waals surface area (Å²) in [5, 5.41) is 0. The predicted octanol–water partition coefficient (Wildman–Crippen LogP) is 4.94. The summed E-state index contributed by atoms with van der Waals surface area (Å²) in [4.78, 5) is 0. The molecule has 0 saturated heterocycles. The fourth-order valence-electron chi connectivity index (χ4n) is 1.88. The topological polar surface area (TPSA) is 18.5 Å². The Morgan fingerprint density at radius 2 is 1.71 bits per heavy atom. The van der Waals surface area contributed by atoms with E-state index in [-0.39, 0.29) is 11.3 Å². The molecule has 0 spiro atoms. The van der Waals surface area contributed by atoms with E-state index in [2.05, 4.69) is 0 Å². The molecular formula is C17H16F2O2. The highest BCUT2D eigenvalue weighted by atomic mass is 19.2. The minimum Gasteiger partial charge on any atom is -0.494 e. The number of allylic oxidation sites excluding steroid dienone is 1. The molecule has 0 amide bonds. The first-order valence-corrected chi connectivity index (χ1v) is 6.66. The molecule has 0 aliphatic heterocycles. The maximum absolute atomic E-state index is 14.1. The molecular weight excluding hydrogens is 274 g/mol. The van der Waals surface area contributed by atoms with Crippen molar-refractivity contribution in [3.05, 3.63) is 60.4 Å². The smallest absolute Gasteiger partial charge is 0.201 e. The summed E-state index contributed by atoms with van der Waals surface area (Å²) in [5.74, 6) is -1.38. The Kier molecular flexibility index (Phi) is 4.93. The number of hydrogen-bond acceptors (Lipinski definition) is 2. The van der Waals surface area contributed by atoms with Gasteiger partial charge in [-0.2, -0.15) is 4.39 Å². The second-order valence-corrected chi connectivity index (χ2v) is 4.28. The van der Waals surface area contributed by atoms with Crippen molar-refractivity contribution in [1.82, 2.24) is 0 Å². The molecule has 0 bridgehead atoms. The lowest BCUT2D eigenvalue weighted by Crippen LogP contribution is -1.95. The van der Waals surface area contributed by atoms with Crippen molar-refractivity contribution in [2.24, 2.45) is 0 Å². The third-order valence-electron chi connectivity index (χ3n) is 2.85. The number of rotatable bonds is 5. The molecule has 0 unspecified atom stereocenters. The van der Waals surface area contributed by atoms with Gasteiger partial charge in [0.1, 0.15) is 5.75 Å². The van der Waals surface area contributed by atoms with Gasteiger partial charge in [-0.25, -0.2) is 4.39 Å². The Balaban J connectivity index is 2.33. The third-order valence-corrected chi connectivity index (χ3v) is 2.85. The average Bonchev–Trinajstić information content (AvgIpc) is 2.50. The summed E-state index contributed by atoms with van der Waals surface area (Å²) >= 11 is 0. The minimum absolute atomic E-state index is 0.139. The molecule has 2 aromatic rings. The fourth-order valence-corrected chi connectivity index (χ4v) is 1.88. The summed E-state index contributed by atoms with van der Waals surface area (Å²) in [6, 6.07) is 9.72. The molecule has 2 rings (SSSR count). The van der Waals surface area contributed by atoms with Crippen LogP contribution in [0.3, 0.4) is 0 Å². The Morgan fingerprint density at radius 3 is 2.33 bits per heavy atom. The van der Waals surface area contributed by atoms with Gasteiger partial charge in [-0.1, -0.05) is 18.2 Å². The zero-order valence-electron chi connectivity index (χ0n) is 11.9. The standard InChI is InChI=1S/C17H16F2O2/c1-3-11-21-15-10-9-14(16(18)17(15)19)12-5-7-13(8-6-12)20-4-2/h3,5-11H,4H2,1-2H3. The van der Waals surface area contributed by atoms with Crippen LogP contribution in [0, 0.1) is 11.6 Å². The molecule has 0 heterocycles. The van der Waals surface area contributed by atoms with Gasteiger partial charge < -0.3 is 9.47 Å². The van der Waals surface area contributed by atoms with Crippen molar-refractivity contribution in [2.45, 2.75) is 13.8 Å². The molecule has 0 aliphatic carbocycles. The molecule has 0 aliphatic rings. The minimum atomic E-state index is -1.00. The highest BCUT2D eigenvalue weighted by Gasteiger charge is 2.15. The van der Waals surface area contributed by atoms with E-state index in [0.29, 0.717) is 17.9 Å². The van der Waals surface area contributed by atoms with E-state index in [1.165, 1.54) is 18.4 Å². The number of benzene rings is 2. The summed E-state index contributed by atoms with van der Waals surface area (Å²) in [6.07, 6.45) is 2.89.